The van der Waals surface area contributed by atoms with Crippen molar-refractivity contribution in [3.63, 3.8) is 0 Å². The number of pyridine rings is 1. The lowest BCUT2D eigenvalue weighted by atomic mass is 10.0. The van der Waals surface area contributed by atoms with E-state index in [0.717, 1.165) is 18.5 Å². The van der Waals surface area contributed by atoms with Gasteiger partial charge in [0.25, 0.3) is 5.91 Å². The summed E-state index contributed by atoms with van der Waals surface area (Å²) in [6, 6.07) is 3.70. The van der Waals surface area contributed by atoms with Gasteiger partial charge in [0.05, 0.1) is 30.7 Å². The Kier molecular flexibility index (Phi) is 4.31. The molecule has 0 aromatic carbocycles. The fourth-order valence-corrected chi connectivity index (χ4v) is 3.49. The standard InChI is InChI=1S/C18H20N4O3/c1-12-8-21-14(10-20-12)18(23)22-11-16(17-15(22)5-3-7-24-17)25-13-4-2-6-19-9-13/h2,4,6,8-10,15-17H,3,5,7,11H2,1H3/t15-,16+,17+/m0/s1. The Morgan fingerprint density at radius 1 is 1.32 bits per heavy atom. The van der Waals surface area contributed by atoms with Gasteiger partial charge in [-0.3, -0.25) is 14.8 Å². The molecule has 0 N–H and O–H groups in total. The Bertz CT molecular complexity index is 738. The van der Waals surface area contributed by atoms with Gasteiger partial charge in [0.15, 0.2) is 0 Å². The van der Waals surface area contributed by atoms with Gasteiger partial charge in [0, 0.05) is 19.0 Å². The Labute approximate surface area is 146 Å². The van der Waals surface area contributed by atoms with Crippen LogP contribution >= 0.6 is 0 Å². The number of rotatable bonds is 3. The number of ether oxygens (including phenoxy) is 2. The van der Waals surface area contributed by atoms with Crippen molar-refractivity contribution >= 4 is 5.91 Å². The molecule has 3 atom stereocenters. The van der Waals surface area contributed by atoms with Crippen LogP contribution in [0, 0.1) is 6.92 Å². The number of aromatic nitrogens is 3. The Hall–Kier alpha value is -2.54. The van der Waals surface area contributed by atoms with E-state index in [1.807, 2.05) is 24.0 Å². The quantitative estimate of drug-likeness (QED) is 0.845. The van der Waals surface area contributed by atoms with Crippen LogP contribution in [0.1, 0.15) is 29.0 Å². The van der Waals surface area contributed by atoms with E-state index in [1.54, 1.807) is 18.6 Å². The molecule has 0 radical (unpaired) electrons. The van der Waals surface area contributed by atoms with Crippen LogP contribution in [0.5, 0.6) is 5.75 Å². The van der Waals surface area contributed by atoms with E-state index in [1.165, 1.54) is 6.20 Å². The average molecular weight is 340 g/mol. The monoisotopic (exact) mass is 340 g/mol. The number of hydrogen-bond acceptors (Lipinski definition) is 6. The van der Waals surface area contributed by atoms with Gasteiger partial charge in [-0.1, -0.05) is 0 Å². The molecule has 130 valence electrons. The molecule has 0 spiro atoms. The summed E-state index contributed by atoms with van der Waals surface area (Å²) in [6.07, 6.45) is 8.02. The highest BCUT2D eigenvalue weighted by Crippen LogP contribution is 2.32. The second-order valence-corrected chi connectivity index (χ2v) is 6.39. The third-order valence-corrected chi connectivity index (χ3v) is 4.66. The number of nitrogens with zero attached hydrogens (tertiary/aromatic N) is 4. The molecule has 2 aromatic rings. The van der Waals surface area contributed by atoms with Gasteiger partial charge >= 0.3 is 0 Å². The van der Waals surface area contributed by atoms with Gasteiger partial charge in [-0.15, -0.1) is 0 Å². The summed E-state index contributed by atoms with van der Waals surface area (Å²) in [7, 11) is 0. The zero-order chi connectivity index (χ0) is 17.2. The lowest BCUT2D eigenvalue weighted by Gasteiger charge is -2.31. The summed E-state index contributed by atoms with van der Waals surface area (Å²) in [4.78, 5) is 27.2. The van der Waals surface area contributed by atoms with Crippen molar-refractivity contribution < 1.29 is 14.3 Å². The van der Waals surface area contributed by atoms with Gasteiger partial charge in [0.2, 0.25) is 0 Å². The smallest absolute Gasteiger partial charge is 0.274 e. The molecule has 2 aliphatic heterocycles. The highest BCUT2D eigenvalue weighted by atomic mass is 16.5. The van der Waals surface area contributed by atoms with Crippen molar-refractivity contribution in [2.45, 2.75) is 38.0 Å². The van der Waals surface area contributed by atoms with Gasteiger partial charge in [0.1, 0.15) is 23.7 Å². The van der Waals surface area contributed by atoms with Crippen LogP contribution in [0.4, 0.5) is 0 Å². The SMILES string of the molecule is Cc1cnc(C(=O)N2C[C@@H](Oc3cccnc3)[C@@H]3OCCC[C@@H]32)cn1. The topological polar surface area (TPSA) is 77.4 Å². The van der Waals surface area contributed by atoms with Crippen LogP contribution in [-0.2, 0) is 4.74 Å². The van der Waals surface area contributed by atoms with Gasteiger partial charge in [-0.2, -0.15) is 0 Å². The molecule has 0 unspecified atom stereocenters. The molecule has 25 heavy (non-hydrogen) atoms. The van der Waals surface area contributed by atoms with Crippen molar-refractivity contribution in [2.24, 2.45) is 0 Å². The first-order valence-corrected chi connectivity index (χ1v) is 8.50. The van der Waals surface area contributed by atoms with Gasteiger partial charge in [-0.05, 0) is 31.9 Å². The normalized spacial score (nSPS) is 25.5. The summed E-state index contributed by atoms with van der Waals surface area (Å²) >= 11 is 0. The Morgan fingerprint density at radius 2 is 2.24 bits per heavy atom. The number of fused-ring (bicyclic) bond motifs is 1. The zero-order valence-electron chi connectivity index (χ0n) is 14.0. The van der Waals surface area contributed by atoms with Crippen LogP contribution < -0.4 is 4.74 Å². The van der Waals surface area contributed by atoms with E-state index >= 15 is 0 Å². The number of amides is 1. The van der Waals surface area contributed by atoms with E-state index in [2.05, 4.69) is 15.0 Å². The number of carbonyl (C=O) groups excluding carboxylic acids is 1. The van der Waals surface area contributed by atoms with E-state index < -0.39 is 0 Å². The number of aryl methyl sites for hydroxylation is 1. The van der Waals surface area contributed by atoms with Gasteiger partial charge < -0.3 is 14.4 Å². The molecule has 7 heteroatoms. The molecule has 0 bridgehead atoms. The summed E-state index contributed by atoms with van der Waals surface area (Å²) < 4.78 is 12.0. The molecule has 4 heterocycles. The zero-order valence-corrected chi connectivity index (χ0v) is 14.0. The molecule has 7 nitrogen and oxygen atoms in total. The minimum absolute atomic E-state index is 0.00558. The highest BCUT2D eigenvalue weighted by Gasteiger charge is 2.47. The van der Waals surface area contributed by atoms with E-state index in [9.17, 15) is 4.79 Å². The first kappa shape index (κ1) is 16.0. The van der Waals surface area contributed by atoms with Gasteiger partial charge in [-0.25, -0.2) is 4.98 Å². The molecule has 0 saturated carbocycles. The third kappa shape index (κ3) is 3.19. The maximum atomic E-state index is 12.9. The van der Waals surface area contributed by atoms with Crippen molar-refractivity contribution in [3.05, 3.63) is 48.3 Å². The van der Waals surface area contributed by atoms with Crippen LogP contribution in [-0.4, -0.2) is 57.2 Å². The number of hydrogen-bond donors (Lipinski definition) is 0. The van der Waals surface area contributed by atoms with Crippen molar-refractivity contribution in [1.29, 1.82) is 0 Å². The van der Waals surface area contributed by atoms with E-state index in [4.69, 9.17) is 9.47 Å². The highest BCUT2D eigenvalue weighted by molar-refractivity contribution is 5.92. The van der Waals surface area contributed by atoms with E-state index in [0.29, 0.717) is 24.6 Å². The van der Waals surface area contributed by atoms with E-state index in [-0.39, 0.29) is 24.2 Å². The largest absolute Gasteiger partial charge is 0.484 e. The predicted molar refractivity (Wildman–Crippen MR) is 89.2 cm³/mol. The molecule has 1 amide bonds. The Morgan fingerprint density at radius 3 is 3.00 bits per heavy atom. The third-order valence-electron chi connectivity index (χ3n) is 4.66. The van der Waals surface area contributed by atoms with Crippen molar-refractivity contribution in [2.75, 3.05) is 13.2 Å². The number of likely N-dealkylation sites (tertiary alicyclic amines) is 1. The van der Waals surface area contributed by atoms with Crippen LogP contribution in [0.2, 0.25) is 0 Å². The fraction of sp³-hybridized carbons (Fsp3) is 0.444. The minimum Gasteiger partial charge on any atom is -0.484 e. The Balaban J connectivity index is 1.56. The molecule has 2 fully saturated rings. The molecule has 2 saturated heterocycles. The molecule has 2 aliphatic rings. The molecular weight excluding hydrogens is 320 g/mol. The van der Waals surface area contributed by atoms with Crippen LogP contribution in [0.3, 0.4) is 0 Å². The molecule has 0 aliphatic carbocycles. The second kappa shape index (κ2) is 6.76. The second-order valence-electron chi connectivity index (χ2n) is 6.39. The fourth-order valence-electron chi connectivity index (χ4n) is 3.49. The lowest BCUT2D eigenvalue weighted by molar-refractivity contribution is -0.0447. The summed E-state index contributed by atoms with van der Waals surface area (Å²) in [5.41, 5.74) is 1.14. The average Bonchev–Trinajstić information content (AvgIpc) is 3.01. The molecule has 2 aromatic heterocycles. The first-order chi connectivity index (χ1) is 12.2. The predicted octanol–water partition coefficient (Wildman–Crippen LogP) is 1.63. The summed E-state index contributed by atoms with van der Waals surface area (Å²) in [6.45, 7) is 3.01. The molecule has 4 rings (SSSR count). The van der Waals surface area contributed by atoms with Crippen LogP contribution in [0.15, 0.2) is 36.9 Å². The first-order valence-electron chi connectivity index (χ1n) is 8.50. The molecular formula is C18H20N4O3. The summed E-state index contributed by atoms with van der Waals surface area (Å²) in [5, 5.41) is 0. The maximum absolute atomic E-state index is 12.9. The number of carbonyl (C=O) groups is 1. The van der Waals surface area contributed by atoms with Crippen molar-refractivity contribution in [3.8, 4) is 5.75 Å². The van der Waals surface area contributed by atoms with Crippen molar-refractivity contribution in [1.82, 2.24) is 19.9 Å². The minimum atomic E-state index is -0.211. The lowest BCUT2D eigenvalue weighted by Crippen LogP contribution is -2.44. The summed E-state index contributed by atoms with van der Waals surface area (Å²) in [5.74, 6) is 0.565. The van der Waals surface area contributed by atoms with Crippen LogP contribution in [0.25, 0.3) is 0 Å². The maximum Gasteiger partial charge on any atom is 0.274 e.